The molecule has 9 nitrogen and oxygen atoms in total. The summed E-state index contributed by atoms with van der Waals surface area (Å²) in [5, 5.41) is 9.91. The van der Waals surface area contributed by atoms with E-state index in [1.807, 2.05) is 4.90 Å². The average molecular weight is 457 g/mol. The normalized spacial score (nSPS) is 13.8. The smallest absolute Gasteiger partial charge is 0.307 e. The molecule has 0 saturated carbocycles. The lowest BCUT2D eigenvalue weighted by Crippen LogP contribution is -2.39. The van der Waals surface area contributed by atoms with Gasteiger partial charge in [0.25, 0.3) is 5.56 Å². The highest BCUT2D eigenvalue weighted by Crippen LogP contribution is 2.38. The zero-order chi connectivity index (χ0) is 21.5. The number of benzene rings is 1. The van der Waals surface area contributed by atoms with Crippen LogP contribution in [-0.2, 0) is 14.3 Å². The van der Waals surface area contributed by atoms with Gasteiger partial charge >= 0.3 is 5.97 Å². The topological polar surface area (TPSA) is 106 Å². The summed E-state index contributed by atoms with van der Waals surface area (Å²) in [4.78, 5) is 25.5. The first kappa shape index (κ1) is 22.2. The minimum absolute atomic E-state index is 0.155. The quantitative estimate of drug-likeness (QED) is 0.583. The Kier molecular flexibility index (Phi) is 7.78. The van der Waals surface area contributed by atoms with Gasteiger partial charge < -0.3 is 24.4 Å². The van der Waals surface area contributed by atoms with Crippen molar-refractivity contribution >= 4 is 40.5 Å². The van der Waals surface area contributed by atoms with Crippen LogP contribution in [0.1, 0.15) is 13.3 Å². The fraction of sp³-hybridized carbons (Fsp3) is 0.421. The number of carbonyl (C=O) groups is 1. The molecule has 162 valence electrons. The molecular formula is C19H22Cl2N4O5. The van der Waals surface area contributed by atoms with Crippen LogP contribution >= 0.6 is 23.2 Å². The first-order chi connectivity index (χ1) is 14.5. The number of rotatable bonds is 8. The SMILES string of the molecule is CCOC(=O)CCNc1cc(Cl)c(Oc2cc(N3CCOCC3)c(=O)[nH]n2)c(Cl)c1. The molecule has 0 spiro atoms. The van der Waals surface area contributed by atoms with E-state index in [9.17, 15) is 9.59 Å². The first-order valence-corrected chi connectivity index (χ1v) is 10.2. The van der Waals surface area contributed by atoms with Crippen LogP contribution in [0.15, 0.2) is 23.0 Å². The Hall–Kier alpha value is -2.49. The van der Waals surface area contributed by atoms with Gasteiger partial charge in [0.05, 0.1) is 36.3 Å². The van der Waals surface area contributed by atoms with Crippen LogP contribution in [0.25, 0.3) is 0 Å². The number of aromatic nitrogens is 2. The van der Waals surface area contributed by atoms with Crippen LogP contribution in [0.5, 0.6) is 11.6 Å². The number of carbonyl (C=O) groups excluding carboxylic acids is 1. The molecule has 1 aromatic carbocycles. The van der Waals surface area contributed by atoms with Crippen molar-refractivity contribution in [3.63, 3.8) is 0 Å². The van der Waals surface area contributed by atoms with Crippen LogP contribution in [0.4, 0.5) is 11.4 Å². The van der Waals surface area contributed by atoms with Gasteiger partial charge in [-0.15, -0.1) is 5.10 Å². The molecule has 2 N–H and O–H groups in total. The summed E-state index contributed by atoms with van der Waals surface area (Å²) in [7, 11) is 0. The highest BCUT2D eigenvalue weighted by molar-refractivity contribution is 6.37. The van der Waals surface area contributed by atoms with Crippen molar-refractivity contribution in [1.82, 2.24) is 10.2 Å². The number of nitrogens with one attached hydrogen (secondary N) is 2. The number of morpholine rings is 1. The number of hydrogen-bond donors (Lipinski definition) is 2. The standard InChI is InChI=1S/C19H22Cl2N4O5/c1-2-29-17(26)3-4-22-12-9-13(20)18(14(21)10-12)30-16-11-15(19(27)24-23-16)25-5-7-28-8-6-25/h9-11,22H,2-8H2,1H3,(H,24,27). The maximum Gasteiger partial charge on any atom is 0.307 e. The zero-order valence-electron chi connectivity index (χ0n) is 16.4. The van der Waals surface area contributed by atoms with Crippen molar-refractivity contribution in [1.29, 1.82) is 0 Å². The third-order valence-corrected chi connectivity index (χ3v) is 4.84. The summed E-state index contributed by atoms with van der Waals surface area (Å²) in [5.41, 5.74) is 0.750. The highest BCUT2D eigenvalue weighted by atomic mass is 35.5. The van der Waals surface area contributed by atoms with E-state index in [2.05, 4.69) is 15.5 Å². The van der Waals surface area contributed by atoms with Gasteiger partial charge in [-0.25, -0.2) is 5.10 Å². The maximum atomic E-state index is 12.1. The average Bonchev–Trinajstić information content (AvgIpc) is 2.73. The van der Waals surface area contributed by atoms with Crippen molar-refractivity contribution < 1.29 is 19.0 Å². The second kappa shape index (κ2) is 10.5. The van der Waals surface area contributed by atoms with E-state index < -0.39 is 0 Å². The van der Waals surface area contributed by atoms with E-state index in [0.29, 0.717) is 50.8 Å². The first-order valence-electron chi connectivity index (χ1n) is 9.46. The second-order valence-electron chi connectivity index (χ2n) is 6.37. The van der Waals surface area contributed by atoms with Gasteiger partial charge in [0.2, 0.25) is 5.88 Å². The molecule has 1 aliphatic rings. The molecule has 1 aromatic heterocycles. The van der Waals surface area contributed by atoms with Crippen LogP contribution in [-0.4, -0.2) is 55.6 Å². The lowest BCUT2D eigenvalue weighted by molar-refractivity contribution is -0.142. The Morgan fingerprint density at radius 3 is 2.63 bits per heavy atom. The molecule has 1 saturated heterocycles. The molecule has 2 aromatic rings. The molecular weight excluding hydrogens is 435 g/mol. The Labute approximate surface area is 183 Å². The number of H-pyrrole nitrogens is 1. The number of anilines is 2. The molecule has 0 unspecified atom stereocenters. The van der Waals surface area contributed by atoms with Crippen molar-refractivity contribution in [2.45, 2.75) is 13.3 Å². The van der Waals surface area contributed by atoms with Crippen LogP contribution in [0.2, 0.25) is 10.0 Å². The van der Waals surface area contributed by atoms with Gasteiger partial charge in [0.15, 0.2) is 5.75 Å². The van der Waals surface area contributed by atoms with Gasteiger partial charge in [-0.3, -0.25) is 9.59 Å². The van der Waals surface area contributed by atoms with Crippen molar-refractivity contribution in [3.8, 4) is 11.6 Å². The van der Waals surface area contributed by atoms with E-state index in [1.165, 1.54) is 0 Å². The molecule has 0 atom stereocenters. The lowest BCUT2D eigenvalue weighted by Gasteiger charge is -2.27. The van der Waals surface area contributed by atoms with E-state index in [0.717, 1.165) is 0 Å². The molecule has 1 fully saturated rings. The lowest BCUT2D eigenvalue weighted by atomic mass is 10.3. The van der Waals surface area contributed by atoms with E-state index in [1.54, 1.807) is 25.1 Å². The fourth-order valence-electron chi connectivity index (χ4n) is 2.88. The molecule has 2 heterocycles. The number of halogens is 2. The summed E-state index contributed by atoms with van der Waals surface area (Å²) in [5.74, 6) is 0.0760. The Balaban J connectivity index is 1.70. The summed E-state index contributed by atoms with van der Waals surface area (Å²) >= 11 is 12.7. The summed E-state index contributed by atoms with van der Waals surface area (Å²) in [6.45, 7) is 4.75. The second-order valence-corrected chi connectivity index (χ2v) is 7.19. The molecule has 0 bridgehead atoms. The third kappa shape index (κ3) is 5.78. The highest BCUT2D eigenvalue weighted by Gasteiger charge is 2.18. The van der Waals surface area contributed by atoms with Crippen LogP contribution in [0, 0.1) is 0 Å². The summed E-state index contributed by atoms with van der Waals surface area (Å²) in [6.07, 6.45) is 0.215. The Morgan fingerprint density at radius 2 is 1.97 bits per heavy atom. The van der Waals surface area contributed by atoms with E-state index in [4.69, 9.17) is 37.4 Å². The molecule has 11 heteroatoms. The monoisotopic (exact) mass is 456 g/mol. The third-order valence-electron chi connectivity index (χ3n) is 4.28. The molecule has 3 rings (SSSR count). The Morgan fingerprint density at radius 1 is 1.27 bits per heavy atom. The molecule has 30 heavy (non-hydrogen) atoms. The number of hydrogen-bond acceptors (Lipinski definition) is 8. The predicted octanol–water partition coefficient (Wildman–Crippen LogP) is 3.07. The summed E-state index contributed by atoms with van der Waals surface area (Å²) in [6, 6.07) is 4.80. The zero-order valence-corrected chi connectivity index (χ0v) is 17.9. The number of nitrogens with zero attached hydrogens (tertiary/aromatic N) is 2. The van der Waals surface area contributed by atoms with Crippen LogP contribution in [0.3, 0.4) is 0 Å². The fourth-order valence-corrected chi connectivity index (χ4v) is 3.44. The van der Waals surface area contributed by atoms with Crippen molar-refractivity contribution in [2.75, 3.05) is 49.7 Å². The van der Waals surface area contributed by atoms with E-state index in [-0.39, 0.29) is 39.6 Å². The molecule has 0 aliphatic carbocycles. The van der Waals surface area contributed by atoms with Gasteiger partial charge in [0, 0.05) is 31.4 Å². The van der Waals surface area contributed by atoms with Gasteiger partial charge in [-0.2, -0.15) is 0 Å². The van der Waals surface area contributed by atoms with Crippen molar-refractivity contribution in [2.24, 2.45) is 0 Å². The molecule has 0 amide bonds. The predicted molar refractivity (Wildman–Crippen MR) is 114 cm³/mol. The van der Waals surface area contributed by atoms with Gasteiger partial charge in [0.1, 0.15) is 5.69 Å². The maximum absolute atomic E-state index is 12.1. The largest absolute Gasteiger partial charge is 0.466 e. The number of esters is 1. The Bertz CT molecular complexity index is 924. The molecule has 0 radical (unpaired) electrons. The van der Waals surface area contributed by atoms with Crippen molar-refractivity contribution in [3.05, 3.63) is 38.6 Å². The number of ether oxygens (including phenoxy) is 3. The van der Waals surface area contributed by atoms with Gasteiger partial charge in [-0.1, -0.05) is 23.2 Å². The minimum atomic E-state index is -0.317. The summed E-state index contributed by atoms with van der Waals surface area (Å²) < 4.78 is 15.9. The van der Waals surface area contributed by atoms with E-state index >= 15 is 0 Å². The van der Waals surface area contributed by atoms with Gasteiger partial charge in [-0.05, 0) is 19.1 Å². The van der Waals surface area contributed by atoms with Crippen LogP contribution < -0.4 is 20.5 Å². The number of aromatic amines is 1. The molecule has 1 aliphatic heterocycles. The minimum Gasteiger partial charge on any atom is -0.466 e.